The lowest BCUT2D eigenvalue weighted by Gasteiger charge is -2.11. The van der Waals surface area contributed by atoms with Crippen molar-refractivity contribution in [1.82, 2.24) is 0 Å². The number of methoxy groups -OCH3 is 2. The van der Waals surface area contributed by atoms with Crippen molar-refractivity contribution in [1.29, 1.82) is 0 Å². The van der Waals surface area contributed by atoms with Crippen molar-refractivity contribution in [3.05, 3.63) is 23.8 Å². The number of carbonyl (C=O) groups excluding carboxylic acids is 1. The molecule has 1 unspecified atom stereocenters. The highest BCUT2D eigenvalue weighted by molar-refractivity contribution is 6.30. The van der Waals surface area contributed by atoms with Crippen LogP contribution in [-0.2, 0) is 16.0 Å². The molecule has 0 spiro atoms. The standard InChI is InChI=1S/C13H17ClO4/c1-4-18-13(15)10(14)7-9-5-6-11(16-2)12(8-9)17-3/h5-6,8,10H,4,7H2,1-3H3. The van der Waals surface area contributed by atoms with E-state index in [2.05, 4.69) is 0 Å². The fraction of sp³-hybridized carbons (Fsp3) is 0.462. The van der Waals surface area contributed by atoms with Gasteiger partial charge in [-0.05, 0) is 31.0 Å². The Bertz CT molecular complexity index is 406. The predicted octanol–water partition coefficient (Wildman–Crippen LogP) is 2.42. The molecule has 0 amide bonds. The van der Waals surface area contributed by atoms with E-state index in [9.17, 15) is 4.79 Å². The van der Waals surface area contributed by atoms with E-state index in [1.165, 1.54) is 0 Å². The van der Waals surface area contributed by atoms with Crippen molar-refractivity contribution in [3.8, 4) is 11.5 Å². The van der Waals surface area contributed by atoms with Crippen molar-refractivity contribution >= 4 is 17.6 Å². The molecule has 5 heteroatoms. The molecule has 100 valence electrons. The normalized spacial score (nSPS) is 11.8. The Morgan fingerprint density at radius 1 is 1.28 bits per heavy atom. The molecule has 0 aliphatic rings. The van der Waals surface area contributed by atoms with Gasteiger partial charge >= 0.3 is 5.97 Å². The Labute approximate surface area is 112 Å². The van der Waals surface area contributed by atoms with Crippen LogP contribution in [0.3, 0.4) is 0 Å². The van der Waals surface area contributed by atoms with Gasteiger partial charge in [0.25, 0.3) is 0 Å². The summed E-state index contributed by atoms with van der Waals surface area (Å²) in [6.45, 7) is 2.08. The molecule has 0 saturated heterocycles. The number of esters is 1. The fourth-order valence-corrected chi connectivity index (χ4v) is 1.77. The Morgan fingerprint density at radius 3 is 2.50 bits per heavy atom. The van der Waals surface area contributed by atoms with E-state index in [1.807, 2.05) is 6.07 Å². The van der Waals surface area contributed by atoms with Crippen LogP contribution in [0.5, 0.6) is 11.5 Å². The number of carbonyl (C=O) groups is 1. The van der Waals surface area contributed by atoms with E-state index in [1.54, 1.807) is 33.3 Å². The second kappa shape index (κ2) is 7.11. The Hall–Kier alpha value is -1.42. The Balaban J connectivity index is 2.76. The van der Waals surface area contributed by atoms with Crippen molar-refractivity contribution in [3.63, 3.8) is 0 Å². The van der Waals surface area contributed by atoms with Crippen LogP contribution in [0.4, 0.5) is 0 Å². The zero-order valence-electron chi connectivity index (χ0n) is 10.7. The summed E-state index contributed by atoms with van der Waals surface area (Å²) in [5.41, 5.74) is 0.890. The number of halogens is 1. The molecular formula is C13H17ClO4. The van der Waals surface area contributed by atoms with Crippen LogP contribution in [0.1, 0.15) is 12.5 Å². The first-order valence-corrected chi connectivity index (χ1v) is 6.07. The van der Waals surface area contributed by atoms with Crippen LogP contribution in [0.15, 0.2) is 18.2 Å². The molecule has 0 fully saturated rings. The van der Waals surface area contributed by atoms with E-state index < -0.39 is 11.3 Å². The van der Waals surface area contributed by atoms with Gasteiger partial charge in [0.2, 0.25) is 0 Å². The molecule has 0 aromatic heterocycles. The molecule has 0 heterocycles. The molecular weight excluding hydrogens is 256 g/mol. The van der Waals surface area contributed by atoms with E-state index in [-0.39, 0.29) is 0 Å². The van der Waals surface area contributed by atoms with Gasteiger partial charge in [-0.3, -0.25) is 4.79 Å². The smallest absolute Gasteiger partial charge is 0.324 e. The fourth-order valence-electron chi connectivity index (χ4n) is 1.53. The number of ether oxygens (including phenoxy) is 3. The highest BCUT2D eigenvalue weighted by Gasteiger charge is 2.17. The highest BCUT2D eigenvalue weighted by Crippen LogP contribution is 2.28. The number of alkyl halides is 1. The zero-order valence-corrected chi connectivity index (χ0v) is 11.5. The van der Waals surface area contributed by atoms with Crippen LogP contribution >= 0.6 is 11.6 Å². The van der Waals surface area contributed by atoms with Gasteiger partial charge in [-0.25, -0.2) is 0 Å². The molecule has 1 aromatic rings. The van der Waals surface area contributed by atoms with E-state index in [4.69, 9.17) is 25.8 Å². The molecule has 0 bridgehead atoms. The first kappa shape index (κ1) is 14.6. The summed E-state index contributed by atoms with van der Waals surface area (Å²) in [4.78, 5) is 11.4. The molecule has 1 rings (SSSR count). The minimum atomic E-state index is -0.692. The molecule has 1 aromatic carbocycles. The summed E-state index contributed by atoms with van der Waals surface area (Å²) in [5, 5.41) is -0.692. The van der Waals surface area contributed by atoms with Crippen LogP contribution in [-0.4, -0.2) is 32.2 Å². The van der Waals surface area contributed by atoms with Gasteiger partial charge in [-0.2, -0.15) is 0 Å². The highest BCUT2D eigenvalue weighted by atomic mass is 35.5. The molecule has 4 nitrogen and oxygen atoms in total. The molecule has 0 radical (unpaired) electrons. The molecule has 0 saturated carbocycles. The second-order valence-electron chi connectivity index (χ2n) is 3.61. The van der Waals surface area contributed by atoms with Crippen molar-refractivity contribution in [2.75, 3.05) is 20.8 Å². The van der Waals surface area contributed by atoms with Crippen LogP contribution in [0, 0.1) is 0 Å². The third-order valence-corrected chi connectivity index (χ3v) is 2.74. The van der Waals surface area contributed by atoms with Gasteiger partial charge in [0.15, 0.2) is 11.5 Å². The molecule has 1 atom stereocenters. The van der Waals surface area contributed by atoms with E-state index in [0.29, 0.717) is 24.5 Å². The summed E-state index contributed by atoms with van der Waals surface area (Å²) in [6, 6.07) is 5.42. The third kappa shape index (κ3) is 3.81. The van der Waals surface area contributed by atoms with Gasteiger partial charge in [-0.15, -0.1) is 11.6 Å². The number of hydrogen-bond donors (Lipinski definition) is 0. The van der Waals surface area contributed by atoms with E-state index >= 15 is 0 Å². The third-order valence-electron chi connectivity index (χ3n) is 2.41. The van der Waals surface area contributed by atoms with Gasteiger partial charge in [0.1, 0.15) is 5.38 Å². The monoisotopic (exact) mass is 272 g/mol. The van der Waals surface area contributed by atoms with E-state index in [0.717, 1.165) is 5.56 Å². The average molecular weight is 273 g/mol. The average Bonchev–Trinajstić information content (AvgIpc) is 2.38. The summed E-state index contributed by atoms with van der Waals surface area (Å²) in [6.07, 6.45) is 0.390. The summed E-state index contributed by atoms with van der Waals surface area (Å²) >= 11 is 5.97. The summed E-state index contributed by atoms with van der Waals surface area (Å²) in [5.74, 6) is 0.847. The van der Waals surface area contributed by atoms with Gasteiger partial charge in [0.05, 0.1) is 20.8 Å². The van der Waals surface area contributed by atoms with Crippen molar-refractivity contribution in [2.45, 2.75) is 18.7 Å². The van der Waals surface area contributed by atoms with Crippen LogP contribution in [0.25, 0.3) is 0 Å². The quantitative estimate of drug-likeness (QED) is 0.589. The maximum absolute atomic E-state index is 11.4. The topological polar surface area (TPSA) is 44.8 Å². The first-order chi connectivity index (χ1) is 8.62. The number of benzene rings is 1. The molecule has 0 aliphatic carbocycles. The van der Waals surface area contributed by atoms with Crippen molar-refractivity contribution < 1.29 is 19.0 Å². The maximum atomic E-state index is 11.4. The van der Waals surface area contributed by atoms with Gasteiger partial charge in [-0.1, -0.05) is 6.07 Å². The lowest BCUT2D eigenvalue weighted by atomic mass is 10.1. The molecule has 0 N–H and O–H groups in total. The zero-order chi connectivity index (χ0) is 13.5. The minimum absolute atomic E-state index is 0.327. The van der Waals surface area contributed by atoms with Crippen LogP contribution in [0.2, 0.25) is 0 Å². The number of hydrogen-bond acceptors (Lipinski definition) is 4. The van der Waals surface area contributed by atoms with Gasteiger partial charge in [0, 0.05) is 0 Å². The Morgan fingerprint density at radius 2 is 1.94 bits per heavy atom. The van der Waals surface area contributed by atoms with Crippen LogP contribution < -0.4 is 9.47 Å². The summed E-state index contributed by atoms with van der Waals surface area (Å²) in [7, 11) is 3.13. The minimum Gasteiger partial charge on any atom is -0.493 e. The lowest BCUT2D eigenvalue weighted by Crippen LogP contribution is -2.20. The summed E-state index contributed by atoms with van der Waals surface area (Å²) < 4.78 is 15.2. The predicted molar refractivity (Wildman–Crippen MR) is 69.5 cm³/mol. The second-order valence-corrected chi connectivity index (χ2v) is 4.14. The SMILES string of the molecule is CCOC(=O)C(Cl)Cc1ccc(OC)c(OC)c1. The largest absolute Gasteiger partial charge is 0.493 e. The molecule has 0 aliphatic heterocycles. The Kier molecular flexibility index (Phi) is 5.78. The van der Waals surface area contributed by atoms with Crippen molar-refractivity contribution in [2.24, 2.45) is 0 Å². The van der Waals surface area contributed by atoms with Gasteiger partial charge < -0.3 is 14.2 Å². The first-order valence-electron chi connectivity index (χ1n) is 5.64. The molecule has 18 heavy (non-hydrogen) atoms. The lowest BCUT2D eigenvalue weighted by molar-refractivity contribution is -0.142. The number of rotatable bonds is 6. The maximum Gasteiger partial charge on any atom is 0.324 e.